The molecule has 0 saturated heterocycles. The quantitative estimate of drug-likeness (QED) is 0.531. The van der Waals surface area contributed by atoms with Crippen LogP contribution in [0.2, 0.25) is 0 Å². The number of carbonyl (C=O) groups is 1. The predicted octanol–water partition coefficient (Wildman–Crippen LogP) is 2.74. The third kappa shape index (κ3) is 6.74. The molecule has 0 aliphatic heterocycles. The maximum absolute atomic E-state index is 12.3. The normalized spacial score (nSPS) is 11.2. The molecule has 2 aromatic rings. The van der Waals surface area contributed by atoms with Crippen LogP contribution in [0, 0.1) is 13.8 Å². The largest absolute Gasteiger partial charge is 0.493 e. The Morgan fingerprint density at radius 2 is 1.77 bits per heavy atom. The van der Waals surface area contributed by atoms with Crippen LogP contribution in [0.5, 0.6) is 11.5 Å². The van der Waals surface area contributed by atoms with Crippen molar-refractivity contribution in [3.8, 4) is 11.5 Å². The fraction of sp³-hybridized carbons (Fsp3) is 0.409. The first kappa shape index (κ1) is 23.7. The molecule has 0 saturated carbocycles. The van der Waals surface area contributed by atoms with E-state index in [1.807, 2.05) is 39.0 Å². The molecular weight excluding hydrogens is 404 g/mol. The van der Waals surface area contributed by atoms with Crippen molar-refractivity contribution in [3.63, 3.8) is 0 Å². The van der Waals surface area contributed by atoms with Gasteiger partial charge in [0.05, 0.1) is 18.6 Å². The van der Waals surface area contributed by atoms with Crippen LogP contribution >= 0.6 is 0 Å². The van der Waals surface area contributed by atoms with Gasteiger partial charge in [0.15, 0.2) is 11.5 Å². The molecule has 7 nitrogen and oxygen atoms in total. The van der Waals surface area contributed by atoms with Crippen LogP contribution in [0.25, 0.3) is 0 Å². The van der Waals surface area contributed by atoms with E-state index in [1.165, 1.54) is 0 Å². The Bertz CT molecular complexity index is 973. The minimum Gasteiger partial charge on any atom is -0.493 e. The number of nitrogens with one attached hydrogen (secondary N) is 2. The lowest BCUT2D eigenvalue weighted by molar-refractivity contribution is -0.121. The number of rotatable bonds is 11. The van der Waals surface area contributed by atoms with Crippen molar-refractivity contribution >= 4 is 15.9 Å². The number of aryl methyl sites for hydroxylation is 3. The number of ether oxygens (including phenoxy) is 2. The zero-order valence-electron chi connectivity index (χ0n) is 17.9. The summed E-state index contributed by atoms with van der Waals surface area (Å²) in [6.07, 6.45) is 0.837. The summed E-state index contributed by atoms with van der Waals surface area (Å²) in [5.74, 6) is 1.16. The average molecular weight is 435 g/mol. The summed E-state index contributed by atoms with van der Waals surface area (Å²) < 4.78 is 38.0. The van der Waals surface area contributed by atoms with Crippen molar-refractivity contribution in [2.45, 2.75) is 38.5 Å². The predicted molar refractivity (Wildman–Crippen MR) is 117 cm³/mol. The van der Waals surface area contributed by atoms with Gasteiger partial charge in [-0.15, -0.1) is 0 Å². The van der Waals surface area contributed by atoms with Crippen LogP contribution in [0.4, 0.5) is 0 Å². The van der Waals surface area contributed by atoms with Crippen LogP contribution in [-0.4, -0.2) is 41.1 Å². The Morgan fingerprint density at radius 1 is 1.00 bits per heavy atom. The van der Waals surface area contributed by atoms with Gasteiger partial charge in [-0.25, -0.2) is 13.1 Å². The highest BCUT2D eigenvalue weighted by Gasteiger charge is 2.14. The first-order chi connectivity index (χ1) is 14.3. The maximum Gasteiger partial charge on any atom is 0.240 e. The molecule has 0 bridgehead atoms. The van der Waals surface area contributed by atoms with Crippen molar-refractivity contribution < 1.29 is 22.7 Å². The summed E-state index contributed by atoms with van der Waals surface area (Å²) in [7, 11) is -2.02. The zero-order valence-corrected chi connectivity index (χ0v) is 18.8. The molecule has 0 atom stereocenters. The lowest BCUT2D eigenvalue weighted by atomic mass is 10.1. The molecule has 0 aliphatic carbocycles. The molecule has 0 heterocycles. The molecule has 1 amide bonds. The Kier molecular flexibility index (Phi) is 8.68. The SMILES string of the molecule is CCOc1ccc(CCC(=O)NCCNS(=O)(=O)c2ccc(C)c(C)c2)cc1OC. The third-order valence-electron chi connectivity index (χ3n) is 4.70. The molecule has 0 spiro atoms. The summed E-state index contributed by atoms with van der Waals surface area (Å²) in [4.78, 5) is 12.3. The van der Waals surface area contributed by atoms with E-state index in [9.17, 15) is 13.2 Å². The Hall–Kier alpha value is -2.58. The number of methoxy groups -OCH3 is 1. The van der Waals surface area contributed by atoms with Gasteiger partial charge in [0.2, 0.25) is 15.9 Å². The van der Waals surface area contributed by atoms with E-state index in [4.69, 9.17) is 9.47 Å². The van der Waals surface area contributed by atoms with E-state index in [2.05, 4.69) is 10.0 Å². The van der Waals surface area contributed by atoms with Crippen molar-refractivity contribution in [1.29, 1.82) is 0 Å². The van der Waals surface area contributed by atoms with Gasteiger partial charge in [-0.3, -0.25) is 4.79 Å². The molecule has 0 aliphatic rings. The van der Waals surface area contributed by atoms with Gasteiger partial charge >= 0.3 is 0 Å². The van der Waals surface area contributed by atoms with Crippen LogP contribution < -0.4 is 19.5 Å². The van der Waals surface area contributed by atoms with E-state index >= 15 is 0 Å². The Labute approximate surface area is 178 Å². The van der Waals surface area contributed by atoms with Crippen molar-refractivity contribution in [1.82, 2.24) is 10.0 Å². The lowest BCUT2D eigenvalue weighted by Crippen LogP contribution is -2.34. The fourth-order valence-corrected chi connectivity index (χ4v) is 3.96. The molecule has 2 rings (SSSR count). The second kappa shape index (κ2) is 11.0. The smallest absolute Gasteiger partial charge is 0.240 e. The number of carbonyl (C=O) groups excluding carboxylic acids is 1. The van der Waals surface area contributed by atoms with E-state index in [-0.39, 0.29) is 23.9 Å². The summed E-state index contributed by atoms with van der Waals surface area (Å²) in [5.41, 5.74) is 2.91. The molecular formula is C22H30N2O5S. The van der Waals surface area contributed by atoms with Gasteiger partial charge < -0.3 is 14.8 Å². The third-order valence-corrected chi connectivity index (χ3v) is 6.16. The number of sulfonamides is 1. The second-order valence-electron chi connectivity index (χ2n) is 6.91. The Balaban J connectivity index is 1.78. The molecule has 0 radical (unpaired) electrons. The fourth-order valence-electron chi connectivity index (χ4n) is 2.84. The number of amides is 1. The van der Waals surface area contributed by atoms with Crippen LogP contribution in [-0.2, 0) is 21.2 Å². The highest BCUT2D eigenvalue weighted by Crippen LogP contribution is 2.28. The molecule has 0 fully saturated rings. The van der Waals surface area contributed by atoms with Gasteiger partial charge in [-0.05, 0) is 68.1 Å². The second-order valence-corrected chi connectivity index (χ2v) is 8.68. The minimum atomic E-state index is -3.60. The standard InChI is InChI=1S/C22H30N2O5S/c1-5-29-20-10-7-18(15-21(20)28-4)8-11-22(25)23-12-13-24-30(26,27)19-9-6-16(2)17(3)14-19/h6-7,9-10,14-15,24H,5,8,11-13H2,1-4H3,(H,23,25). The average Bonchev–Trinajstić information content (AvgIpc) is 2.72. The lowest BCUT2D eigenvalue weighted by Gasteiger charge is -2.11. The minimum absolute atomic E-state index is 0.123. The summed E-state index contributed by atoms with van der Waals surface area (Å²) in [6, 6.07) is 10.6. The van der Waals surface area contributed by atoms with Crippen LogP contribution in [0.3, 0.4) is 0 Å². The van der Waals surface area contributed by atoms with Crippen molar-refractivity contribution in [3.05, 3.63) is 53.1 Å². The molecule has 0 unspecified atom stereocenters. The van der Waals surface area contributed by atoms with Gasteiger partial charge in [0.25, 0.3) is 0 Å². The topological polar surface area (TPSA) is 93.7 Å². The van der Waals surface area contributed by atoms with Gasteiger partial charge in [-0.1, -0.05) is 12.1 Å². The number of benzene rings is 2. The van der Waals surface area contributed by atoms with E-state index in [1.54, 1.807) is 25.3 Å². The van der Waals surface area contributed by atoms with Crippen molar-refractivity contribution in [2.24, 2.45) is 0 Å². The van der Waals surface area contributed by atoms with E-state index < -0.39 is 10.0 Å². The van der Waals surface area contributed by atoms with E-state index in [0.717, 1.165) is 16.7 Å². The van der Waals surface area contributed by atoms with Crippen LogP contribution in [0.15, 0.2) is 41.3 Å². The van der Waals surface area contributed by atoms with Gasteiger partial charge in [0, 0.05) is 19.5 Å². The highest BCUT2D eigenvalue weighted by molar-refractivity contribution is 7.89. The monoisotopic (exact) mass is 434 g/mol. The molecule has 30 heavy (non-hydrogen) atoms. The molecule has 2 N–H and O–H groups in total. The molecule has 2 aromatic carbocycles. The highest BCUT2D eigenvalue weighted by atomic mass is 32.2. The number of hydrogen-bond acceptors (Lipinski definition) is 5. The summed E-state index contributed by atoms with van der Waals surface area (Å²) >= 11 is 0. The Morgan fingerprint density at radius 3 is 2.43 bits per heavy atom. The first-order valence-electron chi connectivity index (χ1n) is 9.90. The number of hydrogen-bond donors (Lipinski definition) is 2. The first-order valence-corrected chi connectivity index (χ1v) is 11.4. The molecule has 8 heteroatoms. The maximum atomic E-state index is 12.3. The van der Waals surface area contributed by atoms with E-state index in [0.29, 0.717) is 30.9 Å². The summed E-state index contributed by atoms with van der Waals surface area (Å²) in [6.45, 7) is 6.59. The van der Waals surface area contributed by atoms with Gasteiger partial charge in [-0.2, -0.15) is 0 Å². The molecule has 0 aromatic heterocycles. The molecule has 164 valence electrons. The van der Waals surface area contributed by atoms with Crippen molar-refractivity contribution in [2.75, 3.05) is 26.8 Å². The summed E-state index contributed by atoms with van der Waals surface area (Å²) in [5, 5.41) is 2.74. The van der Waals surface area contributed by atoms with Gasteiger partial charge in [0.1, 0.15) is 0 Å². The van der Waals surface area contributed by atoms with Crippen LogP contribution in [0.1, 0.15) is 30.0 Å². The zero-order chi connectivity index (χ0) is 22.1.